The lowest BCUT2D eigenvalue weighted by molar-refractivity contribution is -0.0265. The van der Waals surface area contributed by atoms with Crippen LogP contribution in [0.4, 0.5) is 0 Å². The predicted octanol–water partition coefficient (Wildman–Crippen LogP) is 4.30. The Morgan fingerprint density at radius 2 is 1.96 bits per heavy atom. The van der Waals surface area contributed by atoms with Gasteiger partial charge >= 0.3 is 0 Å². The number of ether oxygens (including phenoxy) is 1. The first kappa shape index (κ1) is 19.4. The molecule has 2 atom stereocenters. The van der Waals surface area contributed by atoms with Crippen molar-refractivity contribution in [2.45, 2.75) is 42.9 Å². The molecule has 0 fully saturated rings. The van der Waals surface area contributed by atoms with Crippen LogP contribution in [0.2, 0.25) is 0 Å². The van der Waals surface area contributed by atoms with Crippen LogP contribution in [0, 0.1) is 0 Å². The number of likely N-dealkylation sites (N-methyl/N-ethyl adjacent to an activating group) is 1. The van der Waals surface area contributed by atoms with E-state index in [1.807, 2.05) is 7.05 Å². The molecule has 2 aromatic rings. The topological polar surface area (TPSA) is 32.7 Å². The fourth-order valence-electron chi connectivity index (χ4n) is 3.63. The fourth-order valence-corrected chi connectivity index (χ4v) is 4.04. The first-order valence-corrected chi connectivity index (χ1v) is 10.6. The van der Waals surface area contributed by atoms with Gasteiger partial charge in [0.2, 0.25) is 0 Å². The lowest BCUT2D eigenvalue weighted by Gasteiger charge is -2.27. The zero-order chi connectivity index (χ0) is 18.4. The zero-order valence-corrected chi connectivity index (χ0v) is 16.5. The molecule has 0 radical (unpaired) electrons. The maximum atomic E-state index is 10.4. The van der Waals surface area contributed by atoms with E-state index in [4.69, 9.17) is 4.74 Å². The number of aliphatic hydroxyl groups is 1. The number of fused-ring (bicyclic) bond motifs is 1. The molecule has 0 heterocycles. The van der Waals surface area contributed by atoms with E-state index in [9.17, 15) is 5.11 Å². The molecule has 1 aliphatic rings. The first-order valence-electron chi connectivity index (χ1n) is 9.34. The maximum Gasteiger partial charge on any atom is 0.0900 e. The standard InChI is InChI=1S/C22H29NO2S/c1-23(14-17-10-12-20(26-2)13-11-17)15-19(24)16-25-22-9-5-7-18-6-3-4-8-21(18)22/h3-4,6,8,10-13,19,22,24H,5,7,9,14-16H2,1-2H3/t19-,22+/m0/s1. The molecular weight excluding hydrogens is 342 g/mol. The van der Waals surface area contributed by atoms with Crippen LogP contribution < -0.4 is 0 Å². The highest BCUT2D eigenvalue weighted by Crippen LogP contribution is 2.32. The maximum absolute atomic E-state index is 10.4. The van der Waals surface area contributed by atoms with Gasteiger partial charge in [-0.2, -0.15) is 0 Å². The second kappa shape index (κ2) is 9.56. The van der Waals surface area contributed by atoms with Crippen LogP contribution in [0.5, 0.6) is 0 Å². The van der Waals surface area contributed by atoms with Gasteiger partial charge in [-0.15, -0.1) is 11.8 Å². The van der Waals surface area contributed by atoms with E-state index in [0.717, 1.165) is 25.8 Å². The smallest absolute Gasteiger partial charge is 0.0900 e. The summed E-state index contributed by atoms with van der Waals surface area (Å²) in [7, 11) is 2.04. The number of hydrogen-bond donors (Lipinski definition) is 1. The summed E-state index contributed by atoms with van der Waals surface area (Å²) >= 11 is 1.75. The number of aryl methyl sites for hydroxylation is 1. The highest BCUT2D eigenvalue weighted by Gasteiger charge is 2.21. The second-order valence-electron chi connectivity index (χ2n) is 7.11. The van der Waals surface area contributed by atoms with E-state index in [0.29, 0.717) is 13.2 Å². The van der Waals surface area contributed by atoms with Crippen molar-refractivity contribution in [2.24, 2.45) is 0 Å². The third-order valence-electron chi connectivity index (χ3n) is 4.94. The van der Waals surface area contributed by atoms with Crippen molar-refractivity contribution >= 4 is 11.8 Å². The first-order chi connectivity index (χ1) is 12.7. The lowest BCUT2D eigenvalue weighted by Crippen LogP contribution is -2.32. The summed E-state index contributed by atoms with van der Waals surface area (Å²) < 4.78 is 6.07. The molecule has 1 aliphatic carbocycles. The predicted molar refractivity (Wildman–Crippen MR) is 109 cm³/mol. The average molecular weight is 372 g/mol. The Morgan fingerprint density at radius 1 is 1.19 bits per heavy atom. The minimum absolute atomic E-state index is 0.124. The van der Waals surface area contributed by atoms with E-state index >= 15 is 0 Å². The van der Waals surface area contributed by atoms with Gasteiger partial charge in [0, 0.05) is 18.0 Å². The van der Waals surface area contributed by atoms with Crippen LogP contribution in [-0.2, 0) is 17.7 Å². The Bertz CT molecular complexity index is 689. The van der Waals surface area contributed by atoms with Gasteiger partial charge in [0.05, 0.1) is 18.8 Å². The molecule has 3 rings (SSSR count). The van der Waals surface area contributed by atoms with Gasteiger partial charge in [0.25, 0.3) is 0 Å². The van der Waals surface area contributed by atoms with Crippen LogP contribution in [0.25, 0.3) is 0 Å². The monoisotopic (exact) mass is 371 g/mol. The van der Waals surface area contributed by atoms with Gasteiger partial charge in [0.1, 0.15) is 0 Å². The number of rotatable bonds is 8. The Kier molecular flexibility index (Phi) is 7.15. The summed E-state index contributed by atoms with van der Waals surface area (Å²) in [6.45, 7) is 1.82. The van der Waals surface area contributed by atoms with E-state index in [-0.39, 0.29) is 6.10 Å². The molecule has 0 aliphatic heterocycles. The lowest BCUT2D eigenvalue weighted by atomic mass is 9.89. The van der Waals surface area contributed by atoms with Gasteiger partial charge in [-0.05, 0) is 61.4 Å². The molecule has 0 spiro atoms. The summed E-state index contributed by atoms with van der Waals surface area (Å²) in [6, 6.07) is 17.1. The highest BCUT2D eigenvalue weighted by atomic mass is 32.2. The number of benzene rings is 2. The molecule has 0 bridgehead atoms. The molecule has 4 heteroatoms. The van der Waals surface area contributed by atoms with Crippen molar-refractivity contribution < 1.29 is 9.84 Å². The molecule has 0 aromatic heterocycles. The Labute approximate surface area is 161 Å². The number of thioether (sulfide) groups is 1. The third-order valence-corrected chi connectivity index (χ3v) is 5.68. The van der Waals surface area contributed by atoms with Crippen molar-refractivity contribution in [1.29, 1.82) is 0 Å². The molecule has 0 unspecified atom stereocenters. The summed E-state index contributed by atoms with van der Waals surface area (Å²) in [6.07, 6.45) is 5.07. The van der Waals surface area contributed by atoms with Gasteiger partial charge in [0.15, 0.2) is 0 Å². The van der Waals surface area contributed by atoms with Crippen LogP contribution in [-0.4, -0.2) is 42.6 Å². The summed E-state index contributed by atoms with van der Waals surface area (Å²) in [5.41, 5.74) is 3.96. The molecule has 1 N–H and O–H groups in total. The molecule has 0 saturated carbocycles. The van der Waals surface area contributed by atoms with Crippen LogP contribution in [0.1, 0.15) is 35.6 Å². The molecule has 140 valence electrons. The number of nitrogens with zero attached hydrogens (tertiary/aromatic N) is 1. The largest absolute Gasteiger partial charge is 0.389 e. The number of hydrogen-bond acceptors (Lipinski definition) is 4. The Balaban J connectivity index is 1.46. The van der Waals surface area contributed by atoms with Crippen molar-refractivity contribution in [3.63, 3.8) is 0 Å². The molecule has 0 saturated heterocycles. The third kappa shape index (κ3) is 5.34. The van der Waals surface area contributed by atoms with Gasteiger partial charge in [-0.3, -0.25) is 4.90 Å². The molecule has 0 amide bonds. The summed E-state index contributed by atoms with van der Waals surface area (Å²) in [5.74, 6) is 0. The normalized spacial score (nSPS) is 17.9. The van der Waals surface area contributed by atoms with E-state index < -0.39 is 6.10 Å². The highest BCUT2D eigenvalue weighted by molar-refractivity contribution is 7.98. The van der Waals surface area contributed by atoms with Crippen LogP contribution in [0.3, 0.4) is 0 Å². The van der Waals surface area contributed by atoms with Crippen molar-refractivity contribution in [1.82, 2.24) is 4.90 Å². The van der Waals surface area contributed by atoms with Gasteiger partial charge in [-0.25, -0.2) is 0 Å². The number of aliphatic hydroxyl groups excluding tert-OH is 1. The average Bonchev–Trinajstić information content (AvgIpc) is 2.67. The van der Waals surface area contributed by atoms with Crippen molar-refractivity contribution in [2.75, 3.05) is 26.5 Å². The van der Waals surface area contributed by atoms with Crippen LogP contribution >= 0.6 is 11.8 Å². The quantitative estimate of drug-likeness (QED) is 0.702. The van der Waals surface area contributed by atoms with E-state index in [1.54, 1.807) is 11.8 Å². The van der Waals surface area contributed by atoms with Crippen molar-refractivity contribution in [3.8, 4) is 0 Å². The van der Waals surface area contributed by atoms with Crippen LogP contribution in [0.15, 0.2) is 53.4 Å². The van der Waals surface area contributed by atoms with Gasteiger partial charge < -0.3 is 9.84 Å². The Morgan fingerprint density at radius 3 is 2.73 bits per heavy atom. The zero-order valence-electron chi connectivity index (χ0n) is 15.7. The molecular formula is C22H29NO2S. The van der Waals surface area contributed by atoms with Gasteiger partial charge in [-0.1, -0.05) is 36.4 Å². The molecule has 3 nitrogen and oxygen atoms in total. The summed E-state index contributed by atoms with van der Waals surface area (Å²) in [4.78, 5) is 3.43. The molecule has 2 aromatic carbocycles. The second-order valence-corrected chi connectivity index (χ2v) is 7.99. The fraction of sp³-hybridized carbons (Fsp3) is 0.455. The SMILES string of the molecule is CSc1ccc(CN(C)C[C@H](O)CO[C@@H]2CCCc3ccccc32)cc1. The Hall–Kier alpha value is -1.33. The summed E-state index contributed by atoms with van der Waals surface area (Å²) in [5, 5.41) is 10.4. The minimum atomic E-state index is -0.473. The van der Waals surface area contributed by atoms with E-state index in [1.165, 1.54) is 21.6 Å². The van der Waals surface area contributed by atoms with E-state index in [2.05, 4.69) is 59.7 Å². The molecule has 26 heavy (non-hydrogen) atoms. The van der Waals surface area contributed by atoms with Crippen molar-refractivity contribution in [3.05, 3.63) is 65.2 Å². The minimum Gasteiger partial charge on any atom is -0.389 e.